The standard InChI is InChI=1S/C24H22ClF3N4O5/c25-18-12-21(36-9-1-7-29)19(11-17(18)24(26,27)28)32-23(35)31-13-14-2-4-15(5-3-14)37-16-6-8-30-20(10-16)22(33)34/h2-6,8,10-12H,1,7,9,13,29H2,(H,33,34)(H2,31,32,35). The lowest BCUT2D eigenvalue weighted by Gasteiger charge is -2.17. The predicted molar refractivity (Wildman–Crippen MR) is 129 cm³/mol. The highest BCUT2D eigenvalue weighted by molar-refractivity contribution is 6.31. The zero-order chi connectivity index (χ0) is 27.0. The minimum atomic E-state index is -4.73. The highest BCUT2D eigenvalue weighted by Crippen LogP contribution is 2.40. The van der Waals surface area contributed by atoms with Crippen LogP contribution in [-0.4, -0.2) is 35.2 Å². The van der Waals surface area contributed by atoms with Crippen molar-refractivity contribution >= 4 is 29.3 Å². The van der Waals surface area contributed by atoms with Gasteiger partial charge >= 0.3 is 18.2 Å². The van der Waals surface area contributed by atoms with Crippen LogP contribution in [0.15, 0.2) is 54.7 Å². The van der Waals surface area contributed by atoms with Gasteiger partial charge < -0.3 is 30.9 Å². The fourth-order valence-corrected chi connectivity index (χ4v) is 3.27. The van der Waals surface area contributed by atoms with Gasteiger partial charge in [-0.05, 0) is 42.8 Å². The molecule has 3 aromatic rings. The molecule has 13 heteroatoms. The molecule has 0 bridgehead atoms. The number of nitrogens with two attached hydrogens (primary N) is 1. The molecule has 9 nitrogen and oxygen atoms in total. The minimum Gasteiger partial charge on any atom is -0.491 e. The van der Waals surface area contributed by atoms with Crippen LogP contribution in [0, 0.1) is 0 Å². The van der Waals surface area contributed by atoms with Crippen LogP contribution in [0.25, 0.3) is 0 Å². The smallest absolute Gasteiger partial charge is 0.417 e. The lowest BCUT2D eigenvalue weighted by molar-refractivity contribution is -0.137. The third-order valence-corrected chi connectivity index (χ3v) is 5.10. The number of urea groups is 1. The van der Waals surface area contributed by atoms with Gasteiger partial charge in [-0.15, -0.1) is 0 Å². The largest absolute Gasteiger partial charge is 0.491 e. The van der Waals surface area contributed by atoms with Gasteiger partial charge in [-0.25, -0.2) is 14.6 Å². The number of aromatic carboxylic acids is 1. The summed E-state index contributed by atoms with van der Waals surface area (Å²) in [5.41, 5.74) is 4.60. The Kier molecular flexibility index (Phi) is 9.15. The second-order valence-corrected chi connectivity index (χ2v) is 7.96. The van der Waals surface area contributed by atoms with Crippen molar-refractivity contribution in [1.29, 1.82) is 0 Å². The minimum absolute atomic E-state index is 0.0229. The van der Waals surface area contributed by atoms with E-state index in [-0.39, 0.29) is 36.0 Å². The molecule has 3 rings (SSSR count). The third-order valence-electron chi connectivity index (χ3n) is 4.79. The van der Waals surface area contributed by atoms with Crippen molar-refractivity contribution in [3.05, 3.63) is 76.6 Å². The summed E-state index contributed by atoms with van der Waals surface area (Å²) in [6.45, 7) is 0.487. The summed E-state index contributed by atoms with van der Waals surface area (Å²) < 4.78 is 50.9. The van der Waals surface area contributed by atoms with Crippen molar-refractivity contribution in [2.45, 2.75) is 19.1 Å². The number of rotatable bonds is 10. The van der Waals surface area contributed by atoms with Gasteiger partial charge in [-0.2, -0.15) is 13.2 Å². The van der Waals surface area contributed by atoms with Gasteiger partial charge in [0.1, 0.15) is 17.2 Å². The summed E-state index contributed by atoms with van der Waals surface area (Å²) in [7, 11) is 0. The molecular formula is C24H22ClF3N4O5. The van der Waals surface area contributed by atoms with E-state index < -0.39 is 28.8 Å². The van der Waals surface area contributed by atoms with Crippen LogP contribution >= 0.6 is 11.6 Å². The fourth-order valence-electron chi connectivity index (χ4n) is 3.01. The number of carbonyl (C=O) groups is 2. The predicted octanol–water partition coefficient (Wildman–Crippen LogP) is 5.29. The van der Waals surface area contributed by atoms with E-state index in [1.165, 1.54) is 18.3 Å². The second kappa shape index (κ2) is 12.3. The van der Waals surface area contributed by atoms with Crippen molar-refractivity contribution < 1.29 is 37.3 Å². The molecule has 0 unspecified atom stereocenters. The molecule has 0 saturated heterocycles. The number of pyridine rings is 1. The number of hydrogen-bond donors (Lipinski definition) is 4. The quantitative estimate of drug-likeness (QED) is 0.257. The molecule has 196 valence electrons. The summed E-state index contributed by atoms with van der Waals surface area (Å²) in [5.74, 6) is -0.517. The van der Waals surface area contributed by atoms with Gasteiger partial charge in [0.2, 0.25) is 0 Å². The molecule has 0 radical (unpaired) electrons. The Morgan fingerprint density at radius 2 is 1.81 bits per heavy atom. The number of anilines is 1. The number of nitrogens with zero attached hydrogens (tertiary/aromatic N) is 1. The number of halogens is 4. The van der Waals surface area contributed by atoms with Crippen molar-refractivity contribution in [2.24, 2.45) is 5.73 Å². The van der Waals surface area contributed by atoms with E-state index in [0.29, 0.717) is 30.3 Å². The number of hydrogen-bond acceptors (Lipinski definition) is 6. The van der Waals surface area contributed by atoms with Crippen LogP contribution in [0.1, 0.15) is 28.0 Å². The van der Waals surface area contributed by atoms with Crippen molar-refractivity contribution in [3.63, 3.8) is 0 Å². The molecule has 1 heterocycles. The van der Waals surface area contributed by atoms with E-state index in [0.717, 1.165) is 6.07 Å². The molecule has 2 amide bonds. The second-order valence-electron chi connectivity index (χ2n) is 7.55. The van der Waals surface area contributed by atoms with Crippen molar-refractivity contribution in [3.8, 4) is 17.2 Å². The Labute approximate surface area is 214 Å². The van der Waals surface area contributed by atoms with E-state index in [1.807, 2.05) is 0 Å². The molecule has 0 saturated carbocycles. The normalized spacial score (nSPS) is 11.1. The number of benzene rings is 2. The first-order valence-electron chi connectivity index (χ1n) is 10.8. The number of carboxylic acid groups (broad SMARTS) is 1. The van der Waals surface area contributed by atoms with E-state index >= 15 is 0 Å². The summed E-state index contributed by atoms with van der Waals surface area (Å²) in [4.78, 5) is 27.1. The topological polar surface area (TPSA) is 136 Å². The maximum atomic E-state index is 13.3. The van der Waals surface area contributed by atoms with Gasteiger partial charge in [-0.1, -0.05) is 23.7 Å². The first kappa shape index (κ1) is 27.6. The highest BCUT2D eigenvalue weighted by atomic mass is 35.5. The SMILES string of the molecule is NCCCOc1cc(Cl)c(C(F)(F)F)cc1NC(=O)NCc1ccc(Oc2ccnc(C(=O)O)c2)cc1. The van der Waals surface area contributed by atoms with Crippen molar-refractivity contribution in [2.75, 3.05) is 18.5 Å². The van der Waals surface area contributed by atoms with Crippen LogP contribution in [0.5, 0.6) is 17.2 Å². The van der Waals surface area contributed by atoms with Crippen LogP contribution < -0.4 is 25.8 Å². The van der Waals surface area contributed by atoms with Gasteiger partial charge in [0, 0.05) is 24.9 Å². The molecule has 0 aliphatic rings. The Bertz CT molecular complexity index is 1260. The summed E-state index contributed by atoms with van der Waals surface area (Å²) in [6.07, 6.45) is -2.97. The Morgan fingerprint density at radius 3 is 2.46 bits per heavy atom. The number of amides is 2. The molecule has 0 aliphatic carbocycles. The molecule has 5 N–H and O–H groups in total. The number of nitrogens with one attached hydrogen (secondary N) is 2. The van der Waals surface area contributed by atoms with E-state index in [1.54, 1.807) is 24.3 Å². The first-order valence-corrected chi connectivity index (χ1v) is 11.2. The Morgan fingerprint density at radius 1 is 1.08 bits per heavy atom. The maximum Gasteiger partial charge on any atom is 0.417 e. The third kappa shape index (κ3) is 7.98. The summed E-state index contributed by atoms with van der Waals surface area (Å²) in [5, 5.41) is 13.4. The number of ether oxygens (including phenoxy) is 2. The molecular weight excluding hydrogens is 517 g/mol. The van der Waals surface area contributed by atoms with Crippen LogP contribution in [0.2, 0.25) is 5.02 Å². The summed E-state index contributed by atoms with van der Waals surface area (Å²) >= 11 is 5.77. The van der Waals surface area contributed by atoms with Crippen LogP contribution in [0.4, 0.5) is 23.7 Å². The summed E-state index contributed by atoms with van der Waals surface area (Å²) in [6, 6.07) is 10.2. The highest BCUT2D eigenvalue weighted by Gasteiger charge is 2.34. The molecule has 0 aliphatic heterocycles. The fraction of sp³-hybridized carbons (Fsp3) is 0.208. The molecule has 0 fully saturated rings. The van der Waals surface area contributed by atoms with Gasteiger partial charge in [0.25, 0.3) is 0 Å². The molecule has 0 spiro atoms. The van der Waals surface area contributed by atoms with Gasteiger partial charge in [0.05, 0.1) is 22.9 Å². The van der Waals surface area contributed by atoms with Gasteiger partial charge in [0.15, 0.2) is 5.69 Å². The first-order chi connectivity index (χ1) is 17.6. The average molecular weight is 539 g/mol. The Hall–Kier alpha value is -4.03. The molecule has 37 heavy (non-hydrogen) atoms. The van der Waals surface area contributed by atoms with E-state index in [9.17, 15) is 22.8 Å². The number of aromatic nitrogens is 1. The molecule has 2 aromatic carbocycles. The van der Waals surface area contributed by atoms with Gasteiger partial charge in [-0.3, -0.25) is 0 Å². The maximum absolute atomic E-state index is 13.3. The lowest BCUT2D eigenvalue weighted by atomic mass is 10.1. The number of carboxylic acids is 1. The number of alkyl halides is 3. The molecule has 1 aromatic heterocycles. The monoisotopic (exact) mass is 538 g/mol. The lowest BCUT2D eigenvalue weighted by Crippen LogP contribution is -2.28. The number of carbonyl (C=O) groups excluding carboxylic acids is 1. The average Bonchev–Trinajstić information content (AvgIpc) is 2.84. The van der Waals surface area contributed by atoms with E-state index in [4.69, 9.17) is 31.9 Å². The van der Waals surface area contributed by atoms with Crippen LogP contribution in [0.3, 0.4) is 0 Å². The Balaban J connectivity index is 1.63. The molecule has 0 atom stereocenters. The van der Waals surface area contributed by atoms with E-state index in [2.05, 4.69) is 15.6 Å². The zero-order valence-electron chi connectivity index (χ0n) is 19.1. The zero-order valence-corrected chi connectivity index (χ0v) is 19.9. The van der Waals surface area contributed by atoms with Crippen molar-refractivity contribution in [1.82, 2.24) is 10.3 Å². The van der Waals surface area contributed by atoms with Crippen LogP contribution in [-0.2, 0) is 12.7 Å².